The Morgan fingerprint density at radius 2 is 1.94 bits per heavy atom. The molecule has 0 heterocycles. The van der Waals surface area contributed by atoms with Crippen LogP contribution in [0.5, 0.6) is 0 Å². The number of benzene rings is 1. The lowest BCUT2D eigenvalue weighted by molar-refractivity contribution is 0.0949. The van der Waals surface area contributed by atoms with Gasteiger partial charge < -0.3 is 11.1 Å². The number of hydrogen-bond donors (Lipinski definition) is 2. The van der Waals surface area contributed by atoms with E-state index in [9.17, 15) is 13.6 Å². The highest BCUT2D eigenvalue weighted by atomic mass is 19.2. The zero-order valence-electron chi connectivity index (χ0n) is 9.18. The first kappa shape index (κ1) is 12.4. The number of hydrogen-bond acceptors (Lipinski definition) is 2. The molecule has 0 saturated carbocycles. The molecule has 0 aliphatic rings. The van der Waals surface area contributed by atoms with Gasteiger partial charge in [-0.3, -0.25) is 4.79 Å². The zero-order valence-corrected chi connectivity index (χ0v) is 9.18. The molecule has 88 valence electrons. The first-order chi connectivity index (χ1) is 7.41. The number of nitrogens with two attached hydrogens (primary N) is 1. The molecule has 1 aromatic rings. The predicted octanol–water partition coefficient (Wildman–Crippen LogP) is 1.93. The lowest BCUT2D eigenvalue weighted by atomic mass is 10.1. The van der Waals surface area contributed by atoms with Crippen molar-refractivity contribution >= 4 is 11.6 Å². The van der Waals surface area contributed by atoms with E-state index < -0.39 is 17.5 Å². The monoisotopic (exact) mass is 228 g/mol. The number of rotatable bonds is 3. The molecule has 0 aromatic heterocycles. The van der Waals surface area contributed by atoms with Crippen LogP contribution in [0.3, 0.4) is 0 Å². The highest BCUT2D eigenvalue weighted by Gasteiger charge is 2.14. The van der Waals surface area contributed by atoms with Crippen molar-refractivity contribution in [2.24, 2.45) is 5.92 Å². The SMILES string of the molecule is CC(C)CNC(=O)c1cc(F)c(F)cc1N. The minimum Gasteiger partial charge on any atom is -0.398 e. The van der Waals surface area contributed by atoms with Crippen molar-refractivity contribution < 1.29 is 13.6 Å². The maximum atomic E-state index is 12.9. The quantitative estimate of drug-likeness (QED) is 0.777. The van der Waals surface area contributed by atoms with Crippen molar-refractivity contribution in [2.45, 2.75) is 13.8 Å². The second-order valence-corrected chi connectivity index (χ2v) is 3.96. The van der Waals surface area contributed by atoms with E-state index >= 15 is 0 Å². The Labute approximate surface area is 92.6 Å². The summed E-state index contributed by atoms with van der Waals surface area (Å²) in [7, 11) is 0. The fourth-order valence-corrected chi connectivity index (χ4v) is 1.15. The third-order valence-corrected chi connectivity index (χ3v) is 2.01. The van der Waals surface area contributed by atoms with Crippen molar-refractivity contribution in [2.75, 3.05) is 12.3 Å². The summed E-state index contributed by atoms with van der Waals surface area (Å²) in [6.07, 6.45) is 0. The van der Waals surface area contributed by atoms with E-state index in [1.165, 1.54) is 0 Å². The van der Waals surface area contributed by atoms with Crippen molar-refractivity contribution in [3.05, 3.63) is 29.3 Å². The normalized spacial score (nSPS) is 10.6. The van der Waals surface area contributed by atoms with Gasteiger partial charge in [0.15, 0.2) is 11.6 Å². The van der Waals surface area contributed by atoms with Crippen LogP contribution >= 0.6 is 0 Å². The van der Waals surface area contributed by atoms with Crippen LogP contribution in [0.1, 0.15) is 24.2 Å². The standard InChI is InChI=1S/C11H14F2N2O/c1-6(2)5-15-11(16)7-3-8(12)9(13)4-10(7)14/h3-4,6H,5,14H2,1-2H3,(H,15,16). The number of halogens is 2. The van der Waals surface area contributed by atoms with Crippen molar-refractivity contribution in [3.63, 3.8) is 0 Å². The third kappa shape index (κ3) is 2.92. The molecular weight excluding hydrogens is 214 g/mol. The topological polar surface area (TPSA) is 55.1 Å². The number of anilines is 1. The van der Waals surface area contributed by atoms with E-state index in [1.54, 1.807) is 0 Å². The molecule has 5 heteroatoms. The van der Waals surface area contributed by atoms with Gasteiger partial charge in [0.05, 0.1) is 5.56 Å². The van der Waals surface area contributed by atoms with E-state index in [2.05, 4.69) is 5.32 Å². The Kier molecular flexibility index (Phi) is 3.82. The predicted molar refractivity (Wildman–Crippen MR) is 57.9 cm³/mol. The number of nitrogen functional groups attached to an aromatic ring is 1. The summed E-state index contributed by atoms with van der Waals surface area (Å²) in [5, 5.41) is 2.58. The van der Waals surface area contributed by atoms with Gasteiger partial charge in [-0.05, 0) is 12.0 Å². The molecule has 0 atom stereocenters. The fourth-order valence-electron chi connectivity index (χ4n) is 1.15. The van der Waals surface area contributed by atoms with Gasteiger partial charge in [0, 0.05) is 18.3 Å². The molecule has 3 nitrogen and oxygen atoms in total. The van der Waals surface area contributed by atoms with E-state index in [0.29, 0.717) is 6.54 Å². The van der Waals surface area contributed by atoms with Gasteiger partial charge in [0.2, 0.25) is 0 Å². The average Bonchev–Trinajstić information content (AvgIpc) is 2.20. The first-order valence-electron chi connectivity index (χ1n) is 4.94. The Balaban J connectivity index is 2.87. The number of nitrogens with one attached hydrogen (secondary N) is 1. The second-order valence-electron chi connectivity index (χ2n) is 3.96. The molecule has 1 rings (SSSR count). The number of carbonyl (C=O) groups excluding carboxylic acids is 1. The molecular formula is C11H14F2N2O. The lowest BCUT2D eigenvalue weighted by Gasteiger charge is -2.09. The summed E-state index contributed by atoms with van der Waals surface area (Å²) in [5.41, 5.74) is 5.32. The molecule has 0 unspecified atom stereocenters. The second kappa shape index (κ2) is 4.92. The van der Waals surface area contributed by atoms with Gasteiger partial charge in [0.1, 0.15) is 0 Å². The lowest BCUT2D eigenvalue weighted by Crippen LogP contribution is -2.28. The Morgan fingerprint density at radius 1 is 1.38 bits per heavy atom. The van der Waals surface area contributed by atoms with E-state index in [4.69, 9.17) is 5.73 Å². The molecule has 0 saturated heterocycles. The van der Waals surface area contributed by atoms with E-state index in [1.807, 2.05) is 13.8 Å². The van der Waals surface area contributed by atoms with Crippen LogP contribution in [-0.4, -0.2) is 12.5 Å². The molecule has 3 N–H and O–H groups in total. The summed E-state index contributed by atoms with van der Waals surface area (Å²) >= 11 is 0. The fraction of sp³-hybridized carbons (Fsp3) is 0.364. The molecule has 0 spiro atoms. The van der Waals surface area contributed by atoms with Gasteiger partial charge >= 0.3 is 0 Å². The van der Waals surface area contributed by atoms with Crippen LogP contribution in [0.4, 0.5) is 14.5 Å². The third-order valence-electron chi connectivity index (χ3n) is 2.01. The highest BCUT2D eigenvalue weighted by Crippen LogP contribution is 2.16. The minimum absolute atomic E-state index is 0.0421. The van der Waals surface area contributed by atoms with Crippen molar-refractivity contribution in [1.29, 1.82) is 0 Å². The highest BCUT2D eigenvalue weighted by molar-refractivity contribution is 5.99. The van der Waals surface area contributed by atoms with Crippen molar-refractivity contribution in [1.82, 2.24) is 5.32 Å². The average molecular weight is 228 g/mol. The Hall–Kier alpha value is -1.65. The molecule has 1 amide bonds. The molecule has 0 fully saturated rings. The van der Waals surface area contributed by atoms with Crippen LogP contribution in [0.2, 0.25) is 0 Å². The molecule has 0 radical (unpaired) electrons. The molecule has 16 heavy (non-hydrogen) atoms. The van der Waals surface area contributed by atoms with Gasteiger partial charge in [-0.1, -0.05) is 13.8 Å². The Morgan fingerprint density at radius 3 is 2.50 bits per heavy atom. The van der Waals surface area contributed by atoms with Crippen molar-refractivity contribution in [3.8, 4) is 0 Å². The van der Waals surface area contributed by atoms with Gasteiger partial charge in [-0.15, -0.1) is 0 Å². The molecule has 0 aliphatic heterocycles. The summed E-state index contributed by atoms with van der Waals surface area (Å²) in [5.74, 6) is -2.36. The van der Waals surface area contributed by atoms with Gasteiger partial charge in [0.25, 0.3) is 5.91 Å². The molecule has 0 aliphatic carbocycles. The molecule has 0 bridgehead atoms. The Bertz CT molecular complexity index is 405. The molecule has 1 aromatic carbocycles. The maximum absolute atomic E-state index is 12.9. The maximum Gasteiger partial charge on any atom is 0.253 e. The largest absolute Gasteiger partial charge is 0.398 e. The van der Waals surface area contributed by atoms with E-state index in [-0.39, 0.29) is 17.2 Å². The van der Waals surface area contributed by atoms with Crippen LogP contribution in [-0.2, 0) is 0 Å². The van der Waals surface area contributed by atoms with Crippen LogP contribution < -0.4 is 11.1 Å². The van der Waals surface area contributed by atoms with Crippen LogP contribution in [0.25, 0.3) is 0 Å². The summed E-state index contributed by atoms with van der Waals surface area (Å²) < 4.78 is 25.7. The number of carbonyl (C=O) groups is 1. The van der Waals surface area contributed by atoms with Crippen LogP contribution in [0, 0.1) is 17.6 Å². The number of amides is 1. The van der Waals surface area contributed by atoms with Crippen LogP contribution in [0.15, 0.2) is 12.1 Å². The zero-order chi connectivity index (χ0) is 12.3. The smallest absolute Gasteiger partial charge is 0.253 e. The summed E-state index contributed by atoms with van der Waals surface area (Å²) in [6.45, 7) is 4.31. The summed E-state index contributed by atoms with van der Waals surface area (Å²) in [6, 6.07) is 1.61. The summed E-state index contributed by atoms with van der Waals surface area (Å²) in [4.78, 5) is 11.6. The van der Waals surface area contributed by atoms with Gasteiger partial charge in [-0.25, -0.2) is 8.78 Å². The first-order valence-corrected chi connectivity index (χ1v) is 4.94. The van der Waals surface area contributed by atoms with E-state index in [0.717, 1.165) is 12.1 Å². The van der Waals surface area contributed by atoms with Gasteiger partial charge in [-0.2, -0.15) is 0 Å². The minimum atomic E-state index is -1.08.